The third-order valence-electron chi connectivity index (χ3n) is 4.76. The molecule has 0 spiro atoms. The van der Waals surface area contributed by atoms with Gasteiger partial charge >= 0.3 is 0 Å². The second-order valence-corrected chi connectivity index (χ2v) is 7.75. The maximum Gasteiger partial charge on any atom is 0.283 e. The first-order chi connectivity index (χ1) is 12.8. The van der Waals surface area contributed by atoms with Crippen LogP contribution in [-0.4, -0.2) is 11.9 Å². The van der Waals surface area contributed by atoms with Crippen LogP contribution in [0, 0.1) is 0 Å². The zero-order valence-electron chi connectivity index (χ0n) is 14.5. The first-order valence-corrected chi connectivity index (χ1v) is 9.98. The number of hydrogen-bond acceptors (Lipinski definition) is 2. The first-order valence-electron chi connectivity index (χ1n) is 9.10. The molecule has 1 fully saturated rings. The van der Waals surface area contributed by atoms with Gasteiger partial charge in [0, 0.05) is 17.2 Å². The summed E-state index contributed by atoms with van der Waals surface area (Å²) in [6.07, 6.45) is 2.20. The van der Waals surface area contributed by atoms with E-state index in [0.717, 1.165) is 18.4 Å². The smallest absolute Gasteiger partial charge is 0.283 e. The molecule has 1 aromatic heterocycles. The highest BCUT2D eigenvalue weighted by atomic mass is 32.1. The Morgan fingerprint density at radius 3 is 2.15 bits per heavy atom. The summed E-state index contributed by atoms with van der Waals surface area (Å²) in [5.41, 5.74) is 2.26. The zero-order chi connectivity index (χ0) is 17.8. The van der Waals surface area contributed by atoms with E-state index in [4.69, 9.17) is 0 Å². The van der Waals surface area contributed by atoms with E-state index < -0.39 is 0 Å². The zero-order valence-corrected chi connectivity index (χ0v) is 15.4. The van der Waals surface area contributed by atoms with Crippen LogP contribution in [0.1, 0.15) is 40.9 Å². The van der Waals surface area contributed by atoms with Crippen molar-refractivity contribution in [1.29, 1.82) is 0 Å². The van der Waals surface area contributed by atoms with Gasteiger partial charge in [-0.1, -0.05) is 66.7 Å². The number of benzene rings is 2. The van der Waals surface area contributed by atoms with Gasteiger partial charge in [0.2, 0.25) is 0 Å². The number of carbonyl (C=O) groups is 1. The lowest BCUT2D eigenvalue weighted by atomic mass is 10.0. The van der Waals surface area contributed by atoms with Crippen molar-refractivity contribution >= 4 is 17.2 Å². The normalized spacial score (nSPS) is 16.0. The van der Waals surface area contributed by atoms with E-state index in [1.165, 1.54) is 10.4 Å². The van der Waals surface area contributed by atoms with Crippen LogP contribution in [0.5, 0.6) is 0 Å². The van der Waals surface area contributed by atoms with Gasteiger partial charge in [-0.25, -0.2) is 0 Å². The fourth-order valence-corrected chi connectivity index (χ4v) is 4.05. The third kappa shape index (κ3) is 4.03. The molecule has 1 amide bonds. The van der Waals surface area contributed by atoms with Gasteiger partial charge in [-0.2, -0.15) is 0 Å². The number of hydrogen-bond donors (Lipinski definition) is 2. The van der Waals surface area contributed by atoms with E-state index in [1.807, 2.05) is 36.4 Å². The molecule has 132 valence electrons. The lowest BCUT2D eigenvalue weighted by Crippen LogP contribution is -2.88. The Morgan fingerprint density at radius 2 is 1.58 bits per heavy atom. The molecule has 0 aliphatic heterocycles. The Balaban J connectivity index is 1.66. The average molecular weight is 364 g/mol. The molecule has 1 aliphatic rings. The van der Waals surface area contributed by atoms with Crippen molar-refractivity contribution in [1.82, 2.24) is 5.32 Å². The van der Waals surface area contributed by atoms with Gasteiger partial charge in [0.25, 0.3) is 5.91 Å². The van der Waals surface area contributed by atoms with Gasteiger partial charge in [-0.05, 0) is 24.3 Å². The molecular formula is C22H23N2OS+. The van der Waals surface area contributed by atoms with Crippen LogP contribution in [0.25, 0.3) is 0 Å². The fraction of sp³-hybridized carbons (Fsp3) is 0.227. The third-order valence-corrected chi connectivity index (χ3v) is 5.71. The topological polar surface area (TPSA) is 45.7 Å². The minimum atomic E-state index is -0.260. The van der Waals surface area contributed by atoms with E-state index in [2.05, 4.69) is 52.4 Å². The molecule has 0 unspecified atom stereocenters. The fourth-order valence-electron chi connectivity index (χ4n) is 3.22. The highest BCUT2D eigenvalue weighted by molar-refractivity contribution is 7.10. The largest absolute Gasteiger partial charge is 0.348 e. The monoisotopic (exact) mass is 363 g/mol. The minimum Gasteiger partial charge on any atom is -0.348 e. The van der Waals surface area contributed by atoms with Crippen molar-refractivity contribution in [2.45, 2.75) is 31.0 Å². The average Bonchev–Trinajstić information content (AvgIpc) is 3.33. The van der Waals surface area contributed by atoms with Gasteiger partial charge in [-0.15, -0.1) is 11.3 Å². The maximum atomic E-state index is 13.0. The van der Waals surface area contributed by atoms with Crippen molar-refractivity contribution in [2.24, 2.45) is 0 Å². The van der Waals surface area contributed by atoms with Gasteiger partial charge in [0.15, 0.2) is 6.04 Å². The number of carbonyl (C=O) groups excluding carboxylic acids is 1. The van der Waals surface area contributed by atoms with Crippen molar-refractivity contribution in [3.8, 4) is 0 Å². The highest BCUT2D eigenvalue weighted by Crippen LogP contribution is 2.25. The molecule has 0 saturated heterocycles. The van der Waals surface area contributed by atoms with Gasteiger partial charge in [-0.3, -0.25) is 4.79 Å². The molecule has 1 saturated carbocycles. The molecule has 2 atom stereocenters. The molecule has 0 bridgehead atoms. The van der Waals surface area contributed by atoms with Crippen LogP contribution >= 0.6 is 11.3 Å². The van der Waals surface area contributed by atoms with Crippen molar-refractivity contribution < 1.29 is 10.1 Å². The van der Waals surface area contributed by atoms with E-state index in [9.17, 15) is 4.79 Å². The van der Waals surface area contributed by atoms with Crippen molar-refractivity contribution in [3.05, 3.63) is 94.2 Å². The van der Waals surface area contributed by atoms with Crippen LogP contribution in [0.3, 0.4) is 0 Å². The van der Waals surface area contributed by atoms with Crippen LogP contribution in [0.2, 0.25) is 0 Å². The summed E-state index contributed by atoms with van der Waals surface area (Å²) < 4.78 is 0. The molecule has 1 heterocycles. The number of nitrogens with two attached hydrogens (primary N) is 1. The number of nitrogens with one attached hydrogen (secondary N) is 1. The standard InChI is InChI=1S/C22H22N2OS/c25-22(23-18-13-14-18)21(17-10-5-2-6-11-17)24-20(19-12-7-15-26-19)16-8-3-1-4-9-16/h1-12,15,18,20-21,24H,13-14H2,(H,23,25)/p+1/t20-,21-/m0/s1. The molecule has 2 aromatic carbocycles. The van der Waals surface area contributed by atoms with Crippen LogP contribution in [0.4, 0.5) is 0 Å². The minimum absolute atomic E-state index is 0.103. The molecule has 1 aliphatic carbocycles. The first kappa shape index (κ1) is 17.0. The number of quaternary nitrogens is 1. The Bertz CT molecular complexity index is 829. The predicted molar refractivity (Wildman–Crippen MR) is 105 cm³/mol. The number of amides is 1. The quantitative estimate of drug-likeness (QED) is 0.664. The molecule has 3 nitrogen and oxygen atoms in total. The highest BCUT2D eigenvalue weighted by Gasteiger charge is 2.33. The summed E-state index contributed by atoms with van der Waals surface area (Å²) >= 11 is 1.74. The summed E-state index contributed by atoms with van der Waals surface area (Å²) in [6.45, 7) is 0. The molecule has 4 rings (SSSR count). The Morgan fingerprint density at radius 1 is 0.923 bits per heavy atom. The van der Waals surface area contributed by atoms with Crippen LogP contribution < -0.4 is 10.6 Å². The SMILES string of the molecule is O=C(NC1CC1)[C@@H]([NH2+][C@@H](c1ccccc1)c1cccs1)c1ccccc1. The lowest BCUT2D eigenvalue weighted by Gasteiger charge is -2.22. The predicted octanol–water partition coefficient (Wildman–Crippen LogP) is 3.42. The van der Waals surface area contributed by atoms with E-state index in [1.54, 1.807) is 11.3 Å². The number of rotatable bonds is 7. The van der Waals surface area contributed by atoms with Gasteiger partial charge in [0.1, 0.15) is 6.04 Å². The Labute approximate surface area is 158 Å². The Hall–Kier alpha value is -2.43. The van der Waals surface area contributed by atoms with E-state index in [-0.39, 0.29) is 18.0 Å². The van der Waals surface area contributed by atoms with Crippen LogP contribution in [0.15, 0.2) is 78.2 Å². The van der Waals surface area contributed by atoms with E-state index >= 15 is 0 Å². The second kappa shape index (κ2) is 7.85. The molecule has 3 aromatic rings. The summed E-state index contributed by atoms with van der Waals surface area (Å²) in [4.78, 5) is 14.3. The van der Waals surface area contributed by atoms with E-state index in [0.29, 0.717) is 6.04 Å². The molecule has 0 radical (unpaired) electrons. The summed E-state index contributed by atoms with van der Waals surface area (Å²) in [5.74, 6) is 0.108. The number of thiophene rings is 1. The lowest BCUT2D eigenvalue weighted by molar-refractivity contribution is -0.713. The molecule has 26 heavy (non-hydrogen) atoms. The summed E-state index contributed by atoms with van der Waals surface area (Å²) in [5, 5.41) is 7.49. The second-order valence-electron chi connectivity index (χ2n) is 6.77. The molecular weight excluding hydrogens is 340 g/mol. The van der Waals surface area contributed by atoms with Gasteiger partial charge in [0.05, 0.1) is 4.88 Å². The van der Waals surface area contributed by atoms with Crippen molar-refractivity contribution in [3.63, 3.8) is 0 Å². The maximum absolute atomic E-state index is 13.0. The molecule has 4 heteroatoms. The molecule has 3 N–H and O–H groups in total. The summed E-state index contributed by atoms with van der Waals surface area (Å²) in [7, 11) is 0. The van der Waals surface area contributed by atoms with Crippen LogP contribution in [-0.2, 0) is 4.79 Å². The van der Waals surface area contributed by atoms with Crippen molar-refractivity contribution in [2.75, 3.05) is 0 Å². The van der Waals surface area contributed by atoms with Gasteiger partial charge < -0.3 is 10.6 Å². The Kier molecular flexibility index (Phi) is 5.14. The summed E-state index contributed by atoms with van der Waals surface area (Å²) in [6, 6.07) is 25.0.